The third kappa shape index (κ3) is 2.78. The molecule has 1 aliphatic heterocycles. The van der Waals surface area contributed by atoms with Gasteiger partial charge in [-0.3, -0.25) is 4.90 Å². The maximum atomic E-state index is 6.02. The number of halogens is 1. The van der Waals surface area contributed by atoms with E-state index in [4.69, 9.17) is 4.42 Å². The monoisotopic (exact) mass is 336 g/mol. The van der Waals surface area contributed by atoms with E-state index in [9.17, 15) is 0 Å². The molecule has 1 aromatic heterocycles. The first-order valence-corrected chi connectivity index (χ1v) is 8.07. The molecule has 3 rings (SSSR count). The van der Waals surface area contributed by atoms with Gasteiger partial charge in [0, 0.05) is 22.4 Å². The zero-order valence-electron chi connectivity index (χ0n) is 12.0. The fourth-order valence-corrected chi connectivity index (χ4v) is 3.39. The van der Waals surface area contributed by atoms with Crippen LogP contribution >= 0.6 is 15.9 Å². The predicted molar refractivity (Wildman–Crippen MR) is 86.0 cm³/mol. The van der Waals surface area contributed by atoms with Gasteiger partial charge in [-0.2, -0.15) is 0 Å². The molecule has 1 aromatic carbocycles. The molecule has 2 aromatic rings. The Kier molecular flexibility index (Phi) is 4.15. The minimum absolute atomic E-state index is 0.331. The Labute approximate surface area is 128 Å². The Balaban J connectivity index is 1.82. The molecule has 1 N–H and O–H groups in total. The molecule has 2 unspecified atom stereocenters. The third-order valence-corrected chi connectivity index (χ3v) is 4.81. The Morgan fingerprint density at radius 2 is 2.25 bits per heavy atom. The lowest BCUT2D eigenvalue weighted by Gasteiger charge is -2.35. The summed E-state index contributed by atoms with van der Waals surface area (Å²) in [6, 6.07) is 9.28. The van der Waals surface area contributed by atoms with E-state index in [1.54, 1.807) is 0 Å². The molecule has 0 amide bonds. The van der Waals surface area contributed by atoms with Crippen LogP contribution in [-0.2, 0) is 0 Å². The van der Waals surface area contributed by atoms with Crippen molar-refractivity contribution in [3.8, 4) is 0 Å². The normalized spacial score (nSPS) is 22.2. The van der Waals surface area contributed by atoms with Crippen LogP contribution in [0.4, 0.5) is 0 Å². The summed E-state index contributed by atoms with van der Waals surface area (Å²) < 4.78 is 7.12. The van der Waals surface area contributed by atoms with E-state index < -0.39 is 0 Å². The molecule has 1 aliphatic rings. The summed E-state index contributed by atoms with van der Waals surface area (Å²) in [5.41, 5.74) is 0.970. The van der Waals surface area contributed by atoms with Crippen LogP contribution in [0.1, 0.15) is 31.6 Å². The van der Waals surface area contributed by atoms with Crippen LogP contribution in [0.15, 0.2) is 33.2 Å². The van der Waals surface area contributed by atoms with Gasteiger partial charge in [0.15, 0.2) is 0 Å². The van der Waals surface area contributed by atoms with Gasteiger partial charge in [0.1, 0.15) is 11.3 Å². The van der Waals surface area contributed by atoms with Crippen molar-refractivity contribution >= 4 is 26.9 Å². The van der Waals surface area contributed by atoms with Gasteiger partial charge >= 0.3 is 0 Å². The standard InChI is InChI=1S/C16H21BrN2O/c1-11(19-7-3-4-14(10-19)18-2)16-9-12-8-13(17)5-6-15(12)20-16/h5-6,8-9,11,14,18H,3-4,7,10H2,1-2H3. The zero-order valence-corrected chi connectivity index (χ0v) is 13.6. The van der Waals surface area contributed by atoms with Gasteiger partial charge in [-0.05, 0) is 57.6 Å². The first kappa shape index (κ1) is 14.1. The van der Waals surface area contributed by atoms with Crippen molar-refractivity contribution < 1.29 is 4.42 Å². The molecule has 0 radical (unpaired) electrons. The zero-order chi connectivity index (χ0) is 14.1. The van der Waals surface area contributed by atoms with Crippen molar-refractivity contribution in [2.45, 2.75) is 31.8 Å². The fourth-order valence-electron chi connectivity index (χ4n) is 3.01. The highest BCUT2D eigenvalue weighted by atomic mass is 79.9. The molecule has 0 spiro atoms. The van der Waals surface area contributed by atoms with Gasteiger partial charge in [-0.15, -0.1) is 0 Å². The second kappa shape index (κ2) is 5.88. The van der Waals surface area contributed by atoms with E-state index in [2.05, 4.69) is 52.3 Å². The highest BCUT2D eigenvalue weighted by Gasteiger charge is 2.25. The van der Waals surface area contributed by atoms with Crippen LogP contribution in [0.25, 0.3) is 11.0 Å². The first-order chi connectivity index (χ1) is 9.67. The molecule has 0 aliphatic carbocycles. The summed E-state index contributed by atoms with van der Waals surface area (Å²) >= 11 is 3.51. The van der Waals surface area contributed by atoms with Gasteiger partial charge in [0.2, 0.25) is 0 Å². The SMILES string of the molecule is CNC1CCCN(C(C)c2cc3cc(Br)ccc3o2)C1. The topological polar surface area (TPSA) is 28.4 Å². The average Bonchev–Trinajstić information content (AvgIpc) is 2.89. The predicted octanol–water partition coefficient (Wildman–Crippen LogP) is 3.94. The van der Waals surface area contributed by atoms with Crippen molar-refractivity contribution in [3.63, 3.8) is 0 Å². The van der Waals surface area contributed by atoms with Crippen LogP contribution in [0, 0.1) is 0 Å². The molecule has 2 atom stereocenters. The average molecular weight is 337 g/mol. The summed E-state index contributed by atoms with van der Waals surface area (Å²) in [7, 11) is 2.05. The van der Waals surface area contributed by atoms with Crippen LogP contribution in [0.5, 0.6) is 0 Å². The molecular weight excluding hydrogens is 316 g/mol. The third-order valence-electron chi connectivity index (χ3n) is 4.32. The number of hydrogen-bond acceptors (Lipinski definition) is 3. The Morgan fingerprint density at radius 3 is 3.05 bits per heavy atom. The molecule has 1 fully saturated rings. The minimum atomic E-state index is 0.331. The maximum absolute atomic E-state index is 6.02. The second-order valence-electron chi connectivity index (χ2n) is 5.63. The number of furan rings is 1. The maximum Gasteiger partial charge on any atom is 0.134 e. The van der Waals surface area contributed by atoms with Crippen molar-refractivity contribution in [1.29, 1.82) is 0 Å². The molecule has 0 saturated carbocycles. The number of benzene rings is 1. The van der Waals surface area contributed by atoms with E-state index in [0.29, 0.717) is 12.1 Å². The summed E-state index contributed by atoms with van der Waals surface area (Å²) in [6.07, 6.45) is 2.52. The molecule has 2 heterocycles. The van der Waals surface area contributed by atoms with Crippen molar-refractivity contribution in [2.24, 2.45) is 0 Å². The number of rotatable bonds is 3. The molecule has 1 saturated heterocycles. The number of nitrogens with zero attached hydrogens (tertiary/aromatic N) is 1. The van der Waals surface area contributed by atoms with Crippen LogP contribution in [-0.4, -0.2) is 31.1 Å². The lowest BCUT2D eigenvalue weighted by Crippen LogP contribution is -2.45. The number of nitrogens with one attached hydrogen (secondary N) is 1. The van der Waals surface area contributed by atoms with Gasteiger partial charge in [-0.25, -0.2) is 0 Å². The largest absolute Gasteiger partial charge is 0.459 e. The number of fused-ring (bicyclic) bond motifs is 1. The quantitative estimate of drug-likeness (QED) is 0.920. The Hall–Kier alpha value is -0.840. The number of likely N-dealkylation sites (tertiary alicyclic amines) is 1. The highest BCUT2D eigenvalue weighted by Crippen LogP contribution is 2.30. The summed E-state index contributed by atoms with van der Waals surface area (Å²) in [5, 5.41) is 4.57. The smallest absolute Gasteiger partial charge is 0.134 e. The van der Waals surface area contributed by atoms with E-state index in [1.165, 1.54) is 18.2 Å². The van der Waals surface area contributed by atoms with E-state index in [-0.39, 0.29) is 0 Å². The number of likely N-dealkylation sites (N-methyl/N-ethyl adjacent to an activating group) is 1. The minimum Gasteiger partial charge on any atom is -0.459 e. The van der Waals surface area contributed by atoms with E-state index >= 15 is 0 Å². The van der Waals surface area contributed by atoms with E-state index in [1.807, 2.05) is 12.1 Å². The Morgan fingerprint density at radius 1 is 1.40 bits per heavy atom. The summed E-state index contributed by atoms with van der Waals surface area (Å²) in [5.74, 6) is 1.06. The Bertz CT molecular complexity index is 595. The molecule has 0 bridgehead atoms. The molecule has 20 heavy (non-hydrogen) atoms. The van der Waals surface area contributed by atoms with Gasteiger partial charge < -0.3 is 9.73 Å². The van der Waals surface area contributed by atoms with Crippen molar-refractivity contribution in [1.82, 2.24) is 10.2 Å². The second-order valence-corrected chi connectivity index (χ2v) is 6.55. The van der Waals surface area contributed by atoms with Gasteiger partial charge in [0.05, 0.1) is 6.04 Å². The lowest BCUT2D eigenvalue weighted by atomic mass is 10.0. The van der Waals surface area contributed by atoms with E-state index in [0.717, 1.165) is 28.9 Å². The number of piperidine rings is 1. The number of hydrogen-bond donors (Lipinski definition) is 1. The van der Waals surface area contributed by atoms with Gasteiger partial charge in [-0.1, -0.05) is 15.9 Å². The molecule has 108 valence electrons. The van der Waals surface area contributed by atoms with Crippen molar-refractivity contribution in [3.05, 3.63) is 34.5 Å². The summed E-state index contributed by atoms with van der Waals surface area (Å²) in [6.45, 7) is 4.49. The molecule has 3 nitrogen and oxygen atoms in total. The van der Waals surface area contributed by atoms with Crippen LogP contribution in [0.2, 0.25) is 0 Å². The lowest BCUT2D eigenvalue weighted by molar-refractivity contribution is 0.136. The van der Waals surface area contributed by atoms with Crippen molar-refractivity contribution in [2.75, 3.05) is 20.1 Å². The molecular formula is C16H21BrN2O. The highest BCUT2D eigenvalue weighted by molar-refractivity contribution is 9.10. The van der Waals surface area contributed by atoms with Crippen LogP contribution in [0.3, 0.4) is 0 Å². The molecule has 4 heteroatoms. The fraction of sp³-hybridized carbons (Fsp3) is 0.500. The first-order valence-electron chi connectivity index (χ1n) is 7.27. The van der Waals surface area contributed by atoms with Crippen LogP contribution < -0.4 is 5.32 Å². The summed E-state index contributed by atoms with van der Waals surface area (Å²) in [4.78, 5) is 2.51. The van der Waals surface area contributed by atoms with Gasteiger partial charge in [0.25, 0.3) is 0 Å².